The van der Waals surface area contributed by atoms with Crippen molar-refractivity contribution in [2.45, 2.75) is 11.8 Å². The van der Waals surface area contributed by atoms with Crippen molar-refractivity contribution in [1.29, 1.82) is 0 Å². The normalized spacial score (nSPS) is 15.5. The zero-order valence-corrected chi connectivity index (χ0v) is 19.5. The fourth-order valence-electron chi connectivity index (χ4n) is 3.15. The summed E-state index contributed by atoms with van der Waals surface area (Å²) in [6.45, 7) is 2.97. The van der Waals surface area contributed by atoms with E-state index in [2.05, 4.69) is 78.3 Å². The van der Waals surface area contributed by atoms with Crippen LogP contribution in [0.15, 0.2) is 82.9 Å². The molecule has 0 atom stereocenters. The maximum absolute atomic E-state index is 10.4. The van der Waals surface area contributed by atoms with E-state index in [0.717, 1.165) is 12.1 Å². The van der Waals surface area contributed by atoms with Gasteiger partial charge in [0.25, 0.3) is 0 Å². The maximum Gasteiger partial charge on any atom is 0.212 e. The Bertz CT molecular complexity index is 1220. The van der Waals surface area contributed by atoms with Gasteiger partial charge in [0.2, 0.25) is 5.52 Å². The Hall–Kier alpha value is -2.61. The summed E-state index contributed by atoms with van der Waals surface area (Å²) in [6, 6.07) is 16.5. The molecule has 5 nitrogen and oxygen atoms in total. The first kappa shape index (κ1) is 23.1. The lowest BCUT2D eigenvalue weighted by Gasteiger charge is -2.09. The molecular formula is C24H26N2O3S2. The molecule has 1 aliphatic heterocycles. The van der Waals surface area contributed by atoms with Crippen LogP contribution in [0.4, 0.5) is 0 Å². The molecule has 0 bridgehead atoms. The first-order valence-electron chi connectivity index (χ1n) is 9.88. The van der Waals surface area contributed by atoms with Crippen molar-refractivity contribution in [3.8, 4) is 0 Å². The van der Waals surface area contributed by atoms with Crippen molar-refractivity contribution >= 4 is 38.9 Å². The number of hydrogen-bond acceptors (Lipinski definition) is 5. The Morgan fingerprint density at radius 3 is 2.45 bits per heavy atom. The van der Waals surface area contributed by atoms with E-state index < -0.39 is 10.1 Å². The molecule has 1 aromatic heterocycles. The summed E-state index contributed by atoms with van der Waals surface area (Å²) < 4.78 is 33.3. The summed E-state index contributed by atoms with van der Waals surface area (Å²) in [5, 5.41) is 2.65. The van der Waals surface area contributed by atoms with Crippen LogP contribution in [-0.2, 0) is 17.2 Å². The zero-order valence-electron chi connectivity index (χ0n) is 17.9. The van der Waals surface area contributed by atoms with E-state index in [0.29, 0.717) is 0 Å². The summed E-state index contributed by atoms with van der Waals surface area (Å²) in [6.07, 6.45) is 8.68. The van der Waals surface area contributed by atoms with Gasteiger partial charge in [-0.25, -0.2) is 13.0 Å². The van der Waals surface area contributed by atoms with Crippen molar-refractivity contribution in [2.75, 3.05) is 19.3 Å². The molecular weight excluding hydrogens is 428 g/mol. The molecule has 0 aliphatic carbocycles. The molecule has 0 saturated carbocycles. The first-order valence-corrected chi connectivity index (χ1v) is 12.3. The average Bonchev–Trinajstić information content (AvgIpc) is 3.15. The molecule has 4 rings (SSSR count). The largest absolute Gasteiger partial charge is 0.744 e. The third-order valence-corrected chi connectivity index (χ3v) is 6.93. The van der Waals surface area contributed by atoms with Crippen LogP contribution in [0.3, 0.4) is 0 Å². The summed E-state index contributed by atoms with van der Waals surface area (Å²) >= 11 is 1.92. The van der Waals surface area contributed by atoms with E-state index in [4.69, 9.17) is 0 Å². The van der Waals surface area contributed by atoms with Crippen LogP contribution >= 0.6 is 11.8 Å². The third-order valence-electron chi connectivity index (χ3n) is 4.95. The molecule has 0 spiro atoms. The lowest BCUT2D eigenvalue weighted by molar-refractivity contribution is -0.644. The second-order valence-corrected chi connectivity index (χ2v) is 9.80. The van der Waals surface area contributed by atoms with Crippen molar-refractivity contribution in [3.05, 3.63) is 89.1 Å². The highest BCUT2D eigenvalue weighted by Gasteiger charge is 2.11. The van der Waals surface area contributed by atoms with Crippen LogP contribution in [0.2, 0.25) is 0 Å². The highest BCUT2D eigenvalue weighted by molar-refractivity contribution is 8.03. The predicted octanol–water partition coefficient (Wildman–Crippen LogP) is 4.10. The monoisotopic (exact) mass is 454 g/mol. The van der Waals surface area contributed by atoms with Crippen LogP contribution in [-0.4, -0.2) is 37.2 Å². The van der Waals surface area contributed by atoms with Gasteiger partial charge in [0.15, 0.2) is 6.20 Å². The molecule has 0 amide bonds. The predicted molar refractivity (Wildman–Crippen MR) is 126 cm³/mol. The number of aryl methyl sites for hydroxylation is 2. The number of rotatable bonds is 3. The zero-order chi connectivity index (χ0) is 22.4. The number of thioether (sulfide) groups is 1. The second-order valence-electron chi connectivity index (χ2n) is 7.30. The Labute approximate surface area is 188 Å². The number of allylic oxidation sites excluding steroid dienone is 2. The van der Waals surface area contributed by atoms with Gasteiger partial charge in [0, 0.05) is 31.5 Å². The van der Waals surface area contributed by atoms with E-state index in [1.54, 1.807) is 12.1 Å². The van der Waals surface area contributed by atoms with Crippen LogP contribution in [0.5, 0.6) is 0 Å². The number of aromatic nitrogens is 1. The highest BCUT2D eigenvalue weighted by Crippen LogP contribution is 2.26. The minimum absolute atomic E-state index is 0.178. The van der Waals surface area contributed by atoms with E-state index >= 15 is 0 Å². The lowest BCUT2D eigenvalue weighted by Crippen LogP contribution is -2.28. The summed E-state index contributed by atoms with van der Waals surface area (Å²) in [7, 11) is -0.0339. The number of nitrogens with zero attached hydrogens (tertiary/aromatic N) is 2. The summed E-state index contributed by atoms with van der Waals surface area (Å²) in [5.74, 6) is 1.19. The minimum Gasteiger partial charge on any atom is -0.744 e. The summed E-state index contributed by atoms with van der Waals surface area (Å²) in [5.41, 5.74) is 3.45. The van der Waals surface area contributed by atoms with Gasteiger partial charge in [0.05, 0.1) is 15.3 Å². The topological polar surface area (TPSA) is 64.3 Å². The SMILES string of the molecule is CN1CCS/C1=C/C=C/c1cc[n+](C)c2ccccc12.Cc1ccc(S(=O)(=O)[O-])cc1. The number of para-hydroxylation sites is 1. The Morgan fingerprint density at radius 2 is 1.81 bits per heavy atom. The van der Waals surface area contributed by atoms with E-state index in [1.807, 2.05) is 18.7 Å². The number of hydrogen-bond donors (Lipinski definition) is 0. The van der Waals surface area contributed by atoms with Gasteiger partial charge < -0.3 is 9.45 Å². The van der Waals surface area contributed by atoms with Gasteiger partial charge in [-0.15, -0.1) is 11.8 Å². The van der Waals surface area contributed by atoms with E-state index in [1.165, 1.54) is 39.4 Å². The van der Waals surface area contributed by atoms with Gasteiger partial charge in [-0.1, -0.05) is 42.0 Å². The maximum atomic E-state index is 10.4. The van der Waals surface area contributed by atoms with E-state index in [-0.39, 0.29) is 4.90 Å². The molecule has 1 fully saturated rings. The third kappa shape index (κ3) is 6.19. The quantitative estimate of drug-likeness (QED) is 0.440. The van der Waals surface area contributed by atoms with Crippen LogP contribution in [0, 0.1) is 6.92 Å². The molecule has 1 aliphatic rings. The molecule has 2 aromatic carbocycles. The minimum atomic E-state index is -4.27. The molecule has 162 valence electrons. The fourth-order valence-corrected chi connectivity index (χ4v) is 4.68. The second kappa shape index (κ2) is 10.1. The van der Waals surface area contributed by atoms with Crippen molar-refractivity contribution in [3.63, 3.8) is 0 Å². The van der Waals surface area contributed by atoms with Gasteiger partial charge in [-0.3, -0.25) is 0 Å². The van der Waals surface area contributed by atoms with Crippen molar-refractivity contribution < 1.29 is 17.5 Å². The molecule has 0 radical (unpaired) electrons. The average molecular weight is 455 g/mol. The van der Waals surface area contributed by atoms with Crippen LogP contribution < -0.4 is 4.57 Å². The molecule has 0 unspecified atom stereocenters. The molecule has 31 heavy (non-hydrogen) atoms. The Kier molecular flexibility index (Phi) is 7.54. The van der Waals surface area contributed by atoms with Crippen molar-refractivity contribution in [1.82, 2.24) is 4.90 Å². The first-order chi connectivity index (χ1) is 14.8. The number of pyridine rings is 1. The molecule has 1 saturated heterocycles. The molecule has 0 N–H and O–H groups in total. The number of fused-ring (bicyclic) bond motifs is 1. The van der Waals surface area contributed by atoms with Gasteiger partial charge in [-0.05, 0) is 36.8 Å². The standard InChI is InChI=1S/C17H19N2S.C7H8O3S/c1-18-11-10-14(15-7-3-4-8-16(15)18)6-5-9-17-19(2)12-13-20-17;1-6-2-4-7(5-3-6)11(8,9)10/h3-11H,12-13H2,1-2H3;2-5H,1H3,(H,8,9,10)/q+1;/p-1. The Balaban J connectivity index is 0.000000210. The van der Waals surface area contributed by atoms with Gasteiger partial charge >= 0.3 is 0 Å². The van der Waals surface area contributed by atoms with Crippen LogP contribution in [0.1, 0.15) is 11.1 Å². The van der Waals surface area contributed by atoms with Crippen LogP contribution in [0.25, 0.3) is 17.0 Å². The highest BCUT2D eigenvalue weighted by atomic mass is 32.2. The number of benzene rings is 2. The van der Waals surface area contributed by atoms with Gasteiger partial charge in [0.1, 0.15) is 17.2 Å². The van der Waals surface area contributed by atoms with E-state index in [9.17, 15) is 13.0 Å². The lowest BCUT2D eigenvalue weighted by atomic mass is 10.1. The Morgan fingerprint density at radius 1 is 1.10 bits per heavy atom. The summed E-state index contributed by atoms with van der Waals surface area (Å²) in [4.78, 5) is 2.13. The molecule has 3 aromatic rings. The van der Waals surface area contributed by atoms with Gasteiger partial charge in [-0.2, -0.15) is 0 Å². The molecule has 2 heterocycles. The fraction of sp³-hybridized carbons (Fsp3) is 0.208. The van der Waals surface area contributed by atoms with Crippen molar-refractivity contribution in [2.24, 2.45) is 7.05 Å². The smallest absolute Gasteiger partial charge is 0.212 e. The molecule has 7 heteroatoms.